The minimum Gasteiger partial charge on any atom is -0.481 e. The van der Waals surface area contributed by atoms with Crippen molar-refractivity contribution in [3.05, 3.63) is 0 Å². The van der Waals surface area contributed by atoms with Crippen molar-refractivity contribution in [1.82, 2.24) is 5.32 Å². The van der Waals surface area contributed by atoms with E-state index in [2.05, 4.69) is 5.32 Å². The van der Waals surface area contributed by atoms with Gasteiger partial charge in [0.25, 0.3) is 16.1 Å². The van der Waals surface area contributed by atoms with Crippen molar-refractivity contribution in [3.63, 3.8) is 0 Å². The lowest BCUT2D eigenvalue weighted by Gasteiger charge is -2.20. The van der Waals surface area contributed by atoms with Crippen LogP contribution in [0, 0.1) is 0 Å². The topological polar surface area (TPSA) is 113 Å². The van der Waals surface area contributed by atoms with Crippen molar-refractivity contribution in [2.75, 3.05) is 19.7 Å². The molecule has 1 aliphatic heterocycles. The van der Waals surface area contributed by atoms with Crippen molar-refractivity contribution in [2.24, 2.45) is 0 Å². The minimum atomic E-state index is -4.01. The van der Waals surface area contributed by atoms with E-state index in [4.69, 9.17) is 19.2 Å². The molecule has 0 aliphatic carbocycles. The Morgan fingerprint density at radius 1 is 1.57 bits per heavy atom. The number of carboxylic acids is 1. The normalized spacial score (nSPS) is 22.0. The molecule has 1 atom stereocenters. The van der Waals surface area contributed by atoms with Gasteiger partial charge in [0, 0.05) is 20.0 Å². The Balaban J connectivity index is 0.000000364. The highest BCUT2D eigenvalue weighted by molar-refractivity contribution is 7.86. The Morgan fingerprint density at radius 3 is 2.29 bits per heavy atom. The summed E-state index contributed by atoms with van der Waals surface area (Å²) in [6.07, 6.45) is 0. The van der Waals surface area contributed by atoms with Gasteiger partial charge in [0.1, 0.15) is 0 Å². The summed E-state index contributed by atoms with van der Waals surface area (Å²) in [4.78, 5) is 9.00. The monoisotopic (exact) mass is 227 g/mol. The Bertz CT molecular complexity index is 264. The number of carboxylic acid groups (broad SMARTS) is 1. The van der Waals surface area contributed by atoms with Crippen molar-refractivity contribution in [2.45, 2.75) is 12.4 Å². The molecule has 1 rings (SSSR count). The number of nitrogens with one attached hydrogen (secondary N) is 1. The highest BCUT2D eigenvalue weighted by atomic mass is 32.2. The van der Waals surface area contributed by atoms with E-state index in [-0.39, 0.29) is 6.54 Å². The van der Waals surface area contributed by atoms with E-state index in [1.165, 1.54) is 0 Å². The number of aliphatic carboxylic acids is 1. The quantitative estimate of drug-likeness (QED) is 0.488. The molecule has 0 spiro atoms. The van der Waals surface area contributed by atoms with Gasteiger partial charge in [0.2, 0.25) is 0 Å². The minimum absolute atomic E-state index is 0.166. The average Bonchev–Trinajstić information content (AvgIpc) is 2.03. The predicted octanol–water partition coefficient (Wildman–Crippen LogP) is -1.09. The van der Waals surface area contributed by atoms with E-state index in [1.807, 2.05) is 0 Å². The molecule has 7 nitrogen and oxygen atoms in total. The van der Waals surface area contributed by atoms with Gasteiger partial charge in [-0.1, -0.05) is 0 Å². The first-order chi connectivity index (χ1) is 6.34. The third-order valence-electron chi connectivity index (χ3n) is 1.23. The molecule has 0 aromatic carbocycles. The largest absolute Gasteiger partial charge is 0.481 e. The second-order valence-corrected chi connectivity index (χ2v) is 4.09. The van der Waals surface area contributed by atoms with Gasteiger partial charge >= 0.3 is 0 Å². The fraction of sp³-hybridized carbons (Fsp3) is 0.833. The van der Waals surface area contributed by atoms with Crippen LogP contribution in [0.2, 0.25) is 0 Å². The first-order valence-electron chi connectivity index (χ1n) is 3.82. The first kappa shape index (κ1) is 13.3. The van der Waals surface area contributed by atoms with Crippen molar-refractivity contribution in [3.8, 4) is 0 Å². The molecule has 0 aromatic heterocycles. The van der Waals surface area contributed by atoms with Crippen LogP contribution in [0.5, 0.6) is 0 Å². The van der Waals surface area contributed by atoms with Crippen LogP contribution in [0.3, 0.4) is 0 Å². The highest BCUT2D eigenvalue weighted by Gasteiger charge is 2.25. The molecular formula is C6H13NO6S. The summed E-state index contributed by atoms with van der Waals surface area (Å²) in [6, 6.07) is 0. The summed E-state index contributed by atoms with van der Waals surface area (Å²) in [5.74, 6) is -0.833. The summed E-state index contributed by atoms with van der Waals surface area (Å²) in [6.45, 7) is 2.20. The maximum Gasteiger partial charge on any atom is 0.300 e. The van der Waals surface area contributed by atoms with Crippen LogP contribution in [0.4, 0.5) is 0 Å². The van der Waals surface area contributed by atoms with Gasteiger partial charge in [-0.05, 0) is 0 Å². The molecule has 0 bridgehead atoms. The smallest absolute Gasteiger partial charge is 0.300 e. The molecule has 0 saturated carbocycles. The van der Waals surface area contributed by atoms with E-state index in [1.54, 1.807) is 0 Å². The third-order valence-corrected chi connectivity index (χ3v) is 2.19. The first-order valence-corrected chi connectivity index (χ1v) is 5.32. The van der Waals surface area contributed by atoms with Crippen molar-refractivity contribution >= 4 is 16.1 Å². The van der Waals surface area contributed by atoms with Crippen LogP contribution in [-0.2, 0) is 19.6 Å². The van der Waals surface area contributed by atoms with Crippen molar-refractivity contribution in [1.29, 1.82) is 0 Å². The second kappa shape index (κ2) is 5.91. The van der Waals surface area contributed by atoms with E-state index in [9.17, 15) is 8.42 Å². The molecule has 1 unspecified atom stereocenters. The lowest BCUT2D eigenvalue weighted by Crippen LogP contribution is -2.42. The number of ether oxygens (including phenoxy) is 1. The van der Waals surface area contributed by atoms with E-state index in [0.29, 0.717) is 13.2 Å². The molecule has 1 aliphatic rings. The molecule has 3 N–H and O–H groups in total. The van der Waals surface area contributed by atoms with Crippen LogP contribution in [-0.4, -0.2) is 49.2 Å². The van der Waals surface area contributed by atoms with Crippen LogP contribution in [0.25, 0.3) is 0 Å². The van der Waals surface area contributed by atoms with Gasteiger partial charge in [-0.25, -0.2) is 0 Å². The van der Waals surface area contributed by atoms with Gasteiger partial charge in [-0.3, -0.25) is 9.35 Å². The molecule has 0 aromatic rings. The molecule has 1 saturated heterocycles. The zero-order chi connectivity index (χ0) is 11.2. The number of hydrogen-bond donors (Lipinski definition) is 3. The molecule has 0 amide bonds. The lowest BCUT2D eigenvalue weighted by atomic mass is 10.5. The standard InChI is InChI=1S/C4H9NO4S.C2H4O2/c6-10(7,8)4-3-5-1-2-9-4;1-2(3)4/h4-5H,1-3H2,(H,6,7,8);1H3,(H,3,4). The molecule has 14 heavy (non-hydrogen) atoms. The molecule has 8 heteroatoms. The number of morpholine rings is 1. The predicted molar refractivity (Wildman–Crippen MR) is 47.5 cm³/mol. The fourth-order valence-electron chi connectivity index (χ4n) is 0.733. The van der Waals surface area contributed by atoms with Gasteiger partial charge in [0.15, 0.2) is 5.44 Å². The average molecular weight is 227 g/mol. The summed E-state index contributed by atoms with van der Waals surface area (Å²) < 4.78 is 33.9. The van der Waals surface area contributed by atoms with Crippen LogP contribution >= 0.6 is 0 Å². The summed E-state index contributed by atoms with van der Waals surface area (Å²) in [7, 11) is -4.01. The molecule has 1 fully saturated rings. The zero-order valence-electron chi connectivity index (χ0n) is 7.63. The van der Waals surface area contributed by atoms with Crippen LogP contribution in [0.15, 0.2) is 0 Å². The Hall–Kier alpha value is -0.700. The van der Waals surface area contributed by atoms with Gasteiger partial charge in [-0.15, -0.1) is 0 Å². The summed E-state index contributed by atoms with van der Waals surface area (Å²) in [5, 5.41) is 10.2. The number of rotatable bonds is 1. The van der Waals surface area contributed by atoms with Crippen LogP contribution < -0.4 is 5.32 Å². The summed E-state index contributed by atoms with van der Waals surface area (Å²) >= 11 is 0. The Morgan fingerprint density at radius 2 is 2.07 bits per heavy atom. The van der Waals surface area contributed by atoms with Gasteiger partial charge in [-0.2, -0.15) is 8.42 Å². The highest BCUT2D eigenvalue weighted by Crippen LogP contribution is 2.02. The second-order valence-electron chi connectivity index (χ2n) is 2.54. The molecule has 0 radical (unpaired) electrons. The SMILES string of the molecule is CC(=O)O.O=S(=O)(O)C1CNCCO1. The zero-order valence-corrected chi connectivity index (χ0v) is 8.45. The van der Waals surface area contributed by atoms with E-state index >= 15 is 0 Å². The number of hydrogen-bond acceptors (Lipinski definition) is 5. The number of carbonyl (C=O) groups is 1. The molecular weight excluding hydrogens is 214 g/mol. The van der Waals surface area contributed by atoms with E-state index < -0.39 is 21.5 Å². The fourth-order valence-corrected chi connectivity index (χ4v) is 1.33. The maximum absolute atomic E-state index is 10.4. The van der Waals surface area contributed by atoms with Gasteiger partial charge < -0.3 is 15.2 Å². The lowest BCUT2D eigenvalue weighted by molar-refractivity contribution is -0.134. The molecule has 84 valence electrons. The third kappa shape index (κ3) is 6.78. The van der Waals surface area contributed by atoms with Crippen molar-refractivity contribution < 1.29 is 27.6 Å². The van der Waals surface area contributed by atoms with Crippen LogP contribution in [0.1, 0.15) is 6.92 Å². The maximum atomic E-state index is 10.4. The molecule has 1 heterocycles. The van der Waals surface area contributed by atoms with E-state index in [0.717, 1.165) is 6.92 Å². The Labute approximate surface area is 81.8 Å². The van der Waals surface area contributed by atoms with Gasteiger partial charge in [0.05, 0.1) is 6.61 Å². The Kier molecular flexibility index (Phi) is 5.62. The summed E-state index contributed by atoms with van der Waals surface area (Å²) in [5.41, 5.74) is -1.08.